The number of ether oxygens (including phenoxy) is 1. The number of anilines is 2. The number of hydrogen-bond donors (Lipinski definition) is 1. The van der Waals surface area contributed by atoms with Crippen LogP contribution in [-0.2, 0) is 9.59 Å². The maximum absolute atomic E-state index is 13.1. The number of nitrogens with zero attached hydrogens (tertiary/aromatic N) is 3. The van der Waals surface area contributed by atoms with Gasteiger partial charge in [0.25, 0.3) is 11.8 Å². The van der Waals surface area contributed by atoms with Crippen LogP contribution in [0.2, 0.25) is 0 Å². The topological polar surface area (TPSA) is 82.2 Å². The van der Waals surface area contributed by atoms with Gasteiger partial charge in [-0.05, 0) is 51.2 Å². The van der Waals surface area contributed by atoms with Crippen LogP contribution in [0.4, 0.5) is 11.4 Å². The predicted octanol–water partition coefficient (Wildman–Crippen LogP) is 2.22. The standard InChI is InChI=1S/C24H28N4O4/c1-24(2)23(31)28(16-21(29)25-18-7-5-4-6-8-18)19-15-17(9-10-20(19)32-24)22(30)27-13-11-26(3)12-14-27/h4-10,15H,11-14,16H2,1-3H3,(H,25,29). The lowest BCUT2D eigenvalue weighted by molar-refractivity contribution is -0.133. The van der Waals surface area contributed by atoms with Gasteiger partial charge in [0.2, 0.25) is 5.91 Å². The molecule has 0 unspecified atom stereocenters. The van der Waals surface area contributed by atoms with Gasteiger partial charge in [-0.15, -0.1) is 0 Å². The summed E-state index contributed by atoms with van der Waals surface area (Å²) < 4.78 is 5.90. The molecule has 2 aliphatic rings. The molecule has 2 heterocycles. The number of piperazine rings is 1. The minimum Gasteiger partial charge on any atom is -0.476 e. The number of carbonyl (C=O) groups excluding carboxylic acids is 3. The number of para-hydroxylation sites is 1. The Hall–Kier alpha value is -3.39. The van der Waals surface area contributed by atoms with Crippen LogP contribution in [0.5, 0.6) is 5.75 Å². The Kier molecular flexibility index (Phi) is 5.88. The Morgan fingerprint density at radius 3 is 2.41 bits per heavy atom. The van der Waals surface area contributed by atoms with Gasteiger partial charge in [0, 0.05) is 37.4 Å². The van der Waals surface area contributed by atoms with Gasteiger partial charge < -0.3 is 19.9 Å². The first-order valence-corrected chi connectivity index (χ1v) is 10.7. The highest BCUT2D eigenvalue weighted by atomic mass is 16.5. The van der Waals surface area contributed by atoms with E-state index in [9.17, 15) is 14.4 Å². The summed E-state index contributed by atoms with van der Waals surface area (Å²) in [6.07, 6.45) is 0. The van der Waals surface area contributed by atoms with E-state index < -0.39 is 5.60 Å². The molecule has 168 valence electrons. The number of nitrogens with one attached hydrogen (secondary N) is 1. The molecule has 32 heavy (non-hydrogen) atoms. The van der Waals surface area contributed by atoms with Crippen LogP contribution in [-0.4, -0.2) is 72.9 Å². The summed E-state index contributed by atoms with van der Waals surface area (Å²) in [6, 6.07) is 14.1. The SMILES string of the molecule is CN1CCN(C(=O)c2ccc3c(c2)N(CC(=O)Nc2ccccc2)C(=O)C(C)(C)O3)CC1. The van der Waals surface area contributed by atoms with E-state index in [1.165, 1.54) is 4.90 Å². The van der Waals surface area contributed by atoms with Gasteiger partial charge in [0.05, 0.1) is 5.69 Å². The fourth-order valence-corrected chi connectivity index (χ4v) is 3.92. The maximum Gasteiger partial charge on any atom is 0.271 e. The highest BCUT2D eigenvalue weighted by molar-refractivity contribution is 6.08. The second-order valence-electron chi connectivity index (χ2n) is 8.70. The largest absolute Gasteiger partial charge is 0.476 e. The van der Waals surface area contributed by atoms with Gasteiger partial charge in [-0.1, -0.05) is 18.2 Å². The van der Waals surface area contributed by atoms with E-state index in [0.717, 1.165) is 13.1 Å². The molecule has 8 heteroatoms. The minimum absolute atomic E-state index is 0.0909. The van der Waals surface area contributed by atoms with Crippen LogP contribution in [0.3, 0.4) is 0 Å². The normalized spacial score (nSPS) is 18.0. The fraction of sp³-hybridized carbons (Fsp3) is 0.375. The van der Waals surface area contributed by atoms with E-state index in [-0.39, 0.29) is 24.3 Å². The number of rotatable bonds is 4. The number of carbonyl (C=O) groups is 3. The zero-order chi connectivity index (χ0) is 22.9. The molecule has 0 aliphatic carbocycles. The summed E-state index contributed by atoms with van der Waals surface area (Å²) in [5, 5.41) is 2.81. The Bertz CT molecular complexity index is 1030. The van der Waals surface area contributed by atoms with Crippen molar-refractivity contribution in [3.8, 4) is 5.75 Å². The summed E-state index contributed by atoms with van der Waals surface area (Å²) in [5.41, 5.74) is 0.426. The summed E-state index contributed by atoms with van der Waals surface area (Å²) in [4.78, 5) is 44.3. The number of amides is 3. The van der Waals surface area contributed by atoms with Crippen LogP contribution >= 0.6 is 0 Å². The van der Waals surface area contributed by atoms with Gasteiger partial charge in [-0.25, -0.2) is 0 Å². The summed E-state index contributed by atoms with van der Waals surface area (Å²) in [7, 11) is 2.03. The first-order valence-electron chi connectivity index (χ1n) is 10.7. The Balaban J connectivity index is 1.59. The van der Waals surface area contributed by atoms with Crippen molar-refractivity contribution < 1.29 is 19.1 Å². The van der Waals surface area contributed by atoms with Crippen LogP contribution in [0.25, 0.3) is 0 Å². The lowest BCUT2D eigenvalue weighted by Gasteiger charge is -2.39. The molecule has 0 radical (unpaired) electrons. The monoisotopic (exact) mass is 436 g/mol. The van der Waals surface area contributed by atoms with E-state index in [0.29, 0.717) is 35.8 Å². The first kappa shape index (κ1) is 21.8. The number of fused-ring (bicyclic) bond motifs is 1. The van der Waals surface area contributed by atoms with E-state index >= 15 is 0 Å². The van der Waals surface area contributed by atoms with Gasteiger partial charge in [0.1, 0.15) is 12.3 Å². The van der Waals surface area contributed by atoms with Crippen LogP contribution < -0.4 is 15.0 Å². The third kappa shape index (κ3) is 4.45. The van der Waals surface area contributed by atoms with Crippen molar-refractivity contribution in [2.45, 2.75) is 19.4 Å². The van der Waals surface area contributed by atoms with Crippen molar-refractivity contribution in [2.24, 2.45) is 0 Å². The maximum atomic E-state index is 13.1. The first-order chi connectivity index (χ1) is 15.2. The Labute approximate surface area is 187 Å². The van der Waals surface area contributed by atoms with Gasteiger partial charge in [-0.2, -0.15) is 0 Å². The van der Waals surface area contributed by atoms with Crippen LogP contribution in [0.15, 0.2) is 48.5 Å². The quantitative estimate of drug-likeness (QED) is 0.795. The molecule has 4 rings (SSSR count). The molecule has 0 bridgehead atoms. The minimum atomic E-state index is -1.12. The predicted molar refractivity (Wildman–Crippen MR) is 122 cm³/mol. The second-order valence-corrected chi connectivity index (χ2v) is 8.70. The molecule has 0 atom stereocenters. The molecule has 0 saturated carbocycles. The highest BCUT2D eigenvalue weighted by Gasteiger charge is 2.42. The van der Waals surface area contributed by atoms with E-state index in [4.69, 9.17) is 4.74 Å². The van der Waals surface area contributed by atoms with E-state index in [2.05, 4.69) is 10.2 Å². The summed E-state index contributed by atoms with van der Waals surface area (Å²) in [5.74, 6) is -0.287. The number of likely N-dealkylation sites (N-methyl/N-ethyl adjacent to an activating group) is 1. The van der Waals surface area contributed by atoms with Crippen molar-refractivity contribution in [3.63, 3.8) is 0 Å². The van der Waals surface area contributed by atoms with Crippen LogP contribution in [0, 0.1) is 0 Å². The highest BCUT2D eigenvalue weighted by Crippen LogP contribution is 2.38. The average Bonchev–Trinajstić information content (AvgIpc) is 2.77. The van der Waals surface area contributed by atoms with E-state index in [1.807, 2.05) is 30.1 Å². The van der Waals surface area contributed by atoms with Gasteiger partial charge >= 0.3 is 0 Å². The second kappa shape index (κ2) is 8.63. The lowest BCUT2D eigenvalue weighted by atomic mass is 10.0. The third-order valence-corrected chi connectivity index (χ3v) is 5.77. The van der Waals surface area contributed by atoms with Crippen molar-refractivity contribution in [2.75, 3.05) is 50.0 Å². The fourth-order valence-electron chi connectivity index (χ4n) is 3.92. The molecule has 0 aromatic heterocycles. The molecular formula is C24H28N4O4. The summed E-state index contributed by atoms with van der Waals surface area (Å²) >= 11 is 0. The molecule has 3 amide bonds. The Morgan fingerprint density at radius 2 is 1.72 bits per heavy atom. The van der Waals surface area contributed by atoms with E-state index in [1.54, 1.807) is 44.2 Å². The smallest absolute Gasteiger partial charge is 0.271 e. The molecule has 2 aromatic rings. The summed E-state index contributed by atoms with van der Waals surface area (Å²) in [6.45, 7) is 6.10. The zero-order valence-electron chi connectivity index (χ0n) is 18.6. The third-order valence-electron chi connectivity index (χ3n) is 5.77. The lowest BCUT2D eigenvalue weighted by Crippen LogP contribution is -2.54. The molecule has 1 fully saturated rings. The molecule has 8 nitrogen and oxygen atoms in total. The average molecular weight is 437 g/mol. The molecular weight excluding hydrogens is 408 g/mol. The molecule has 1 N–H and O–H groups in total. The van der Waals surface area contributed by atoms with Crippen molar-refractivity contribution >= 4 is 29.1 Å². The van der Waals surface area contributed by atoms with Crippen molar-refractivity contribution in [3.05, 3.63) is 54.1 Å². The Morgan fingerprint density at radius 1 is 1.03 bits per heavy atom. The number of hydrogen-bond acceptors (Lipinski definition) is 5. The molecule has 2 aliphatic heterocycles. The zero-order valence-corrected chi connectivity index (χ0v) is 18.6. The van der Waals surface area contributed by atoms with Gasteiger partial charge in [0.15, 0.2) is 5.60 Å². The number of benzene rings is 2. The molecule has 1 saturated heterocycles. The van der Waals surface area contributed by atoms with Crippen molar-refractivity contribution in [1.29, 1.82) is 0 Å². The molecule has 2 aromatic carbocycles. The van der Waals surface area contributed by atoms with Gasteiger partial charge in [-0.3, -0.25) is 19.3 Å². The van der Waals surface area contributed by atoms with Crippen molar-refractivity contribution in [1.82, 2.24) is 9.80 Å². The van der Waals surface area contributed by atoms with Crippen LogP contribution in [0.1, 0.15) is 24.2 Å². The molecule has 0 spiro atoms.